The summed E-state index contributed by atoms with van der Waals surface area (Å²) >= 11 is 0. The summed E-state index contributed by atoms with van der Waals surface area (Å²) in [6, 6.07) is 21.2. The van der Waals surface area contributed by atoms with Gasteiger partial charge in [-0.15, -0.1) is 0 Å². The van der Waals surface area contributed by atoms with Crippen LogP contribution in [0.25, 0.3) is 22.0 Å². The molecular formula is C22H17N3O. The Morgan fingerprint density at radius 3 is 2.54 bits per heavy atom. The van der Waals surface area contributed by atoms with E-state index in [1.165, 1.54) is 0 Å². The van der Waals surface area contributed by atoms with E-state index in [1.54, 1.807) is 18.5 Å². The van der Waals surface area contributed by atoms with Crippen molar-refractivity contribution in [2.24, 2.45) is 0 Å². The number of pyridine rings is 2. The third kappa shape index (κ3) is 3.05. The normalized spacial score (nSPS) is 10.7. The molecule has 4 aromatic rings. The average Bonchev–Trinajstić information content (AvgIpc) is 2.68. The lowest BCUT2D eigenvalue weighted by Crippen LogP contribution is -2.13. The molecule has 4 heteroatoms. The summed E-state index contributed by atoms with van der Waals surface area (Å²) in [6.45, 7) is 1.92. The van der Waals surface area contributed by atoms with Gasteiger partial charge in [0.15, 0.2) is 0 Å². The number of anilines is 1. The van der Waals surface area contributed by atoms with Gasteiger partial charge in [0, 0.05) is 34.7 Å². The van der Waals surface area contributed by atoms with E-state index in [0.717, 1.165) is 27.9 Å². The number of benzene rings is 2. The van der Waals surface area contributed by atoms with Crippen LogP contribution in [0, 0.1) is 6.92 Å². The zero-order chi connectivity index (χ0) is 17.9. The molecule has 126 valence electrons. The number of nitrogens with zero attached hydrogens (tertiary/aromatic N) is 2. The molecule has 0 aliphatic heterocycles. The number of carbonyl (C=O) groups is 1. The van der Waals surface area contributed by atoms with E-state index in [4.69, 9.17) is 0 Å². The highest BCUT2D eigenvalue weighted by Crippen LogP contribution is 2.28. The van der Waals surface area contributed by atoms with Crippen LogP contribution in [-0.2, 0) is 0 Å². The smallest absolute Gasteiger partial charge is 0.257 e. The molecule has 4 nitrogen and oxygen atoms in total. The maximum Gasteiger partial charge on any atom is 0.257 e. The van der Waals surface area contributed by atoms with Gasteiger partial charge >= 0.3 is 0 Å². The van der Waals surface area contributed by atoms with Gasteiger partial charge in [-0.3, -0.25) is 14.8 Å². The first kappa shape index (κ1) is 16.0. The second kappa shape index (κ2) is 6.76. The fourth-order valence-electron chi connectivity index (χ4n) is 2.99. The molecule has 4 rings (SSSR count). The first-order valence-electron chi connectivity index (χ1n) is 8.39. The molecule has 2 aromatic carbocycles. The van der Waals surface area contributed by atoms with Crippen molar-refractivity contribution in [2.45, 2.75) is 6.92 Å². The molecule has 0 spiro atoms. The third-order valence-corrected chi connectivity index (χ3v) is 4.27. The van der Waals surface area contributed by atoms with Crippen molar-refractivity contribution in [3.05, 3.63) is 90.4 Å². The van der Waals surface area contributed by atoms with Gasteiger partial charge in [0.05, 0.1) is 11.1 Å². The van der Waals surface area contributed by atoms with Crippen molar-refractivity contribution in [3.63, 3.8) is 0 Å². The SMILES string of the molecule is Cc1ccc2cccc(C(=O)Nc3ccccc3-c3ccncc3)c2n1. The molecule has 2 heterocycles. The predicted molar refractivity (Wildman–Crippen MR) is 104 cm³/mol. The maximum atomic E-state index is 13.0. The number of fused-ring (bicyclic) bond motifs is 1. The number of carbonyl (C=O) groups excluding carboxylic acids is 1. The van der Waals surface area contributed by atoms with E-state index in [2.05, 4.69) is 15.3 Å². The Hall–Kier alpha value is -3.53. The Morgan fingerprint density at radius 2 is 1.69 bits per heavy atom. The highest BCUT2D eigenvalue weighted by molar-refractivity contribution is 6.13. The van der Waals surface area contributed by atoms with Crippen molar-refractivity contribution in [3.8, 4) is 11.1 Å². The standard InChI is InChI=1S/C22H17N3O/c1-15-9-10-17-5-4-7-19(21(17)24-15)22(26)25-20-8-3-2-6-18(20)16-11-13-23-14-12-16/h2-14H,1H3,(H,25,26). The largest absolute Gasteiger partial charge is 0.321 e. The Balaban J connectivity index is 1.74. The van der Waals surface area contributed by atoms with Gasteiger partial charge in [-0.1, -0.05) is 36.4 Å². The van der Waals surface area contributed by atoms with E-state index >= 15 is 0 Å². The summed E-state index contributed by atoms with van der Waals surface area (Å²) in [4.78, 5) is 21.6. The van der Waals surface area contributed by atoms with Crippen LogP contribution in [0.15, 0.2) is 79.1 Å². The molecule has 0 fully saturated rings. The number of aromatic nitrogens is 2. The van der Waals surface area contributed by atoms with Crippen LogP contribution >= 0.6 is 0 Å². The molecule has 1 amide bonds. The topological polar surface area (TPSA) is 54.9 Å². The quantitative estimate of drug-likeness (QED) is 0.580. The lowest BCUT2D eigenvalue weighted by Gasteiger charge is -2.12. The number of hydrogen-bond donors (Lipinski definition) is 1. The average molecular weight is 339 g/mol. The second-order valence-corrected chi connectivity index (χ2v) is 6.07. The van der Waals surface area contributed by atoms with Gasteiger partial charge in [0.25, 0.3) is 5.91 Å². The van der Waals surface area contributed by atoms with Gasteiger partial charge in [-0.2, -0.15) is 0 Å². The number of aryl methyl sites for hydroxylation is 1. The minimum Gasteiger partial charge on any atom is -0.321 e. The highest BCUT2D eigenvalue weighted by Gasteiger charge is 2.13. The Kier molecular flexibility index (Phi) is 4.15. The van der Waals surface area contributed by atoms with E-state index in [0.29, 0.717) is 11.1 Å². The summed E-state index contributed by atoms with van der Waals surface area (Å²) in [5, 5.41) is 3.99. The Bertz CT molecular complexity index is 1090. The summed E-state index contributed by atoms with van der Waals surface area (Å²) < 4.78 is 0. The summed E-state index contributed by atoms with van der Waals surface area (Å²) in [6.07, 6.45) is 3.48. The molecule has 0 saturated carbocycles. The zero-order valence-corrected chi connectivity index (χ0v) is 14.3. The lowest BCUT2D eigenvalue weighted by atomic mass is 10.0. The number of para-hydroxylation sites is 2. The number of nitrogens with one attached hydrogen (secondary N) is 1. The van der Waals surface area contributed by atoms with Crippen LogP contribution in [-0.4, -0.2) is 15.9 Å². The van der Waals surface area contributed by atoms with Crippen LogP contribution in [0.3, 0.4) is 0 Å². The van der Waals surface area contributed by atoms with Crippen LogP contribution in [0.5, 0.6) is 0 Å². The van der Waals surface area contributed by atoms with Gasteiger partial charge in [0.2, 0.25) is 0 Å². The van der Waals surface area contributed by atoms with Crippen LogP contribution in [0.1, 0.15) is 16.1 Å². The fraction of sp³-hybridized carbons (Fsp3) is 0.0455. The van der Waals surface area contributed by atoms with Crippen molar-refractivity contribution in [1.29, 1.82) is 0 Å². The molecule has 0 saturated heterocycles. The Labute approximate surface area is 151 Å². The molecule has 26 heavy (non-hydrogen) atoms. The zero-order valence-electron chi connectivity index (χ0n) is 14.3. The third-order valence-electron chi connectivity index (χ3n) is 4.27. The monoisotopic (exact) mass is 339 g/mol. The van der Waals surface area contributed by atoms with Crippen molar-refractivity contribution < 1.29 is 4.79 Å². The predicted octanol–water partition coefficient (Wildman–Crippen LogP) is 4.86. The Morgan fingerprint density at radius 1 is 0.885 bits per heavy atom. The van der Waals surface area contributed by atoms with E-state index < -0.39 is 0 Å². The number of hydrogen-bond acceptors (Lipinski definition) is 3. The highest BCUT2D eigenvalue weighted by atomic mass is 16.1. The van der Waals surface area contributed by atoms with Crippen LogP contribution in [0.4, 0.5) is 5.69 Å². The van der Waals surface area contributed by atoms with Gasteiger partial charge in [-0.25, -0.2) is 0 Å². The van der Waals surface area contributed by atoms with E-state index in [1.807, 2.05) is 67.6 Å². The van der Waals surface area contributed by atoms with Crippen molar-refractivity contribution >= 4 is 22.5 Å². The van der Waals surface area contributed by atoms with Crippen molar-refractivity contribution in [2.75, 3.05) is 5.32 Å². The summed E-state index contributed by atoms with van der Waals surface area (Å²) in [5.74, 6) is -0.171. The van der Waals surface area contributed by atoms with Crippen LogP contribution < -0.4 is 5.32 Å². The van der Waals surface area contributed by atoms with Crippen LogP contribution in [0.2, 0.25) is 0 Å². The minimum atomic E-state index is -0.171. The first-order valence-corrected chi connectivity index (χ1v) is 8.39. The minimum absolute atomic E-state index is 0.171. The molecular weight excluding hydrogens is 322 g/mol. The fourth-order valence-corrected chi connectivity index (χ4v) is 2.99. The first-order chi connectivity index (χ1) is 12.7. The summed E-state index contributed by atoms with van der Waals surface area (Å²) in [5.41, 5.74) is 4.88. The molecule has 0 bridgehead atoms. The molecule has 0 aliphatic rings. The van der Waals surface area contributed by atoms with Gasteiger partial charge in [0.1, 0.15) is 0 Å². The second-order valence-electron chi connectivity index (χ2n) is 6.07. The lowest BCUT2D eigenvalue weighted by molar-refractivity contribution is 0.102. The molecule has 0 aliphatic carbocycles. The molecule has 0 unspecified atom stereocenters. The number of rotatable bonds is 3. The van der Waals surface area contributed by atoms with E-state index in [9.17, 15) is 4.79 Å². The molecule has 2 aromatic heterocycles. The molecule has 0 radical (unpaired) electrons. The van der Waals surface area contributed by atoms with Crippen molar-refractivity contribution in [1.82, 2.24) is 9.97 Å². The number of amides is 1. The molecule has 1 N–H and O–H groups in total. The van der Waals surface area contributed by atoms with E-state index in [-0.39, 0.29) is 5.91 Å². The maximum absolute atomic E-state index is 13.0. The van der Waals surface area contributed by atoms with Gasteiger partial charge < -0.3 is 5.32 Å². The van der Waals surface area contributed by atoms with Gasteiger partial charge in [-0.05, 0) is 42.8 Å². The summed E-state index contributed by atoms with van der Waals surface area (Å²) in [7, 11) is 0. The molecule has 0 atom stereocenters.